The number of carbonyl (C=O) groups is 1. The van der Waals surface area contributed by atoms with Crippen LogP contribution in [0.25, 0.3) is 0 Å². The second-order valence-electron chi connectivity index (χ2n) is 7.07. The van der Waals surface area contributed by atoms with Crippen molar-refractivity contribution in [3.05, 3.63) is 89.9 Å². The molecular weight excluding hydrogens is 362 g/mol. The second kappa shape index (κ2) is 9.30. The molecule has 3 heterocycles. The van der Waals surface area contributed by atoms with Crippen molar-refractivity contribution in [1.29, 1.82) is 0 Å². The Morgan fingerprint density at radius 1 is 1.07 bits per heavy atom. The molecule has 6 nitrogen and oxygen atoms in total. The molecule has 0 radical (unpaired) electrons. The highest BCUT2D eigenvalue weighted by Crippen LogP contribution is 2.21. The number of benzene rings is 1. The van der Waals surface area contributed by atoms with E-state index < -0.39 is 0 Å². The Balaban J connectivity index is 1.38. The van der Waals surface area contributed by atoms with Crippen LogP contribution in [0.3, 0.4) is 0 Å². The first kappa shape index (κ1) is 19.1. The molecular formula is C23H25N5O. The Hall–Kier alpha value is -3.25. The lowest BCUT2D eigenvalue weighted by Crippen LogP contribution is -2.46. The van der Waals surface area contributed by atoms with Gasteiger partial charge in [-0.3, -0.25) is 9.78 Å². The van der Waals surface area contributed by atoms with E-state index in [0.29, 0.717) is 18.7 Å². The van der Waals surface area contributed by atoms with E-state index in [9.17, 15) is 4.79 Å². The van der Waals surface area contributed by atoms with Gasteiger partial charge in [-0.2, -0.15) is 0 Å². The Labute approximate surface area is 171 Å². The fourth-order valence-electron chi connectivity index (χ4n) is 3.53. The van der Waals surface area contributed by atoms with Gasteiger partial charge in [0.2, 0.25) is 0 Å². The summed E-state index contributed by atoms with van der Waals surface area (Å²) in [6, 6.07) is 22.1. The molecule has 0 aliphatic carbocycles. The number of nitrogens with zero attached hydrogens (tertiary/aromatic N) is 3. The van der Waals surface area contributed by atoms with Crippen molar-refractivity contribution < 1.29 is 4.79 Å². The molecule has 1 aromatic carbocycles. The Morgan fingerprint density at radius 3 is 2.76 bits per heavy atom. The molecule has 1 aliphatic rings. The molecule has 2 N–H and O–H groups in total. The van der Waals surface area contributed by atoms with E-state index in [-0.39, 0.29) is 11.9 Å². The molecule has 1 fully saturated rings. The summed E-state index contributed by atoms with van der Waals surface area (Å²) in [7, 11) is 0. The fourth-order valence-corrected chi connectivity index (χ4v) is 3.53. The van der Waals surface area contributed by atoms with Crippen LogP contribution in [0.1, 0.15) is 27.8 Å². The van der Waals surface area contributed by atoms with Crippen LogP contribution in [0.4, 0.5) is 5.82 Å². The summed E-state index contributed by atoms with van der Waals surface area (Å²) >= 11 is 0. The summed E-state index contributed by atoms with van der Waals surface area (Å²) in [5.74, 6) is 0.683. The quantitative estimate of drug-likeness (QED) is 0.680. The number of nitrogens with one attached hydrogen (secondary N) is 2. The van der Waals surface area contributed by atoms with Crippen molar-refractivity contribution in [2.75, 3.05) is 31.1 Å². The monoisotopic (exact) mass is 387 g/mol. The average molecular weight is 387 g/mol. The maximum absolute atomic E-state index is 12.5. The number of aromatic nitrogens is 2. The number of carbonyl (C=O) groups excluding carboxylic acids is 1. The minimum absolute atomic E-state index is 0.155. The fraction of sp³-hybridized carbons (Fsp3) is 0.261. The first-order valence-electron chi connectivity index (χ1n) is 9.98. The zero-order valence-electron chi connectivity index (χ0n) is 16.3. The molecule has 2 aromatic heterocycles. The maximum atomic E-state index is 12.5. The highest BCUT2D eigenvalue weighted by atomic mass is 16.1. The lowest BCUT2D eigenvalue weighted by molar-refractivity contribution is 0.0949. The largest absolute Gasteiger partial charge is 0.353 e. The van der Waals surface area contributed by atoms with Crippen LogP contribution >= 0.6 is 0 Å². The number of hydrogen-bond acceptors (Lipinski definition) is 5. The SMILES string of the molecule is O=C(NCCc1ccccn1)c1cccc(N2CCNC(c3ccccc3)C2)n1. The second-order valence-corrected chi connectivity index (χ2v) is 7.07. The minimum Gasteiger partial charge on any atom is -0.353 e. The number of pyridine rings is 2. The number of anilines is 1. The zero-order valence-corrected chi connectivity index (χ0v) is 16.3. The summed E-state index contributed by atoms with van der Waals surface area (Å²) in [5.41, 5.74) is 2.67. The van der Waals surface area contributed by atoms with Gasteiger partial charge in [0.15, 0.2) is 0 Å². The standard InChI is InChI=1S/C23H25N5O/c29-23(26-14-12-19-9-4-5-13-24-19)20-10-6-11-22(27-20)28-16-15-25-21(17-28)18-7-2-1-3-8-18/h1-11,13,21,25H,12,14-17H2,(H,26,29). The number of rotatable bonds is 6. The predicted molar refractivity (Wildman–Crippen MR) is 114 cm³/mol. The molecule has 1 aliphatic heterocycles. The van der Waals surface area contributed by atoms with Crippen molar-refractivity contribution in [2.24, 2.45) is 0 Å². The minimum atomic E-state index is -0.155. The summed E-state index contributed by atoms with van der Waals surface area (Å²) in [6.07, 6.45) is 2.46. The summed E-state index contributed by atoms with van der Waals surface area (Å²) in [4.78, 5) is 23.7. The van der Waals surface area contributed by atoms with Gasteiger partial charge in [-0.1, -0.05) is 42.5 Å². The molecule has 148 valence electrons. The van der Waals surface area contributed by atoms with Crippen LogP contribution in [0, 0.1) is 0 Å². The number of hydrogen-bond donors (Lipinski definition) is 2. The predicted octanol–water partition coefficient (Wildman–Crippen LogP) is 2.60. The molecule has 1 saturated heterocycles. The van der Waals surface area contributed by atoms with E-state index >= 15 is 0 Å². The topological polar surface area (TPSA) is 70.2 Å². The van der Waals surface area contributed by atoms with Crippen molar-refractivity contribution in [3.8, 4) is 0 Å². The van der Waals surface area contributed by atoms with Crippen LogP contribution in [0.5, 0.6) is 0 Å². The Bertz CT molecular complexity index is 932. The van der Waals surface area contributed by atoms with Gasteiger partial charge in [-0.05, 0) is 29.8 Å². The smallest absolute Gasteiger partial charge is 0.269 e. The van der Waals surface area contributed by atoms with Gasteiger partial charge in [-0.25, -0.2) is 4.98 Å². The van der Waals surface area contributed by atoms with Crippen LogP contribution < -0.4 is 15.5 Å². The van der Waals surface area contributed by atoms with Gasteiger partial charge < -0.3 is 15.5 Å². The molecule has 1 unspecified atom stereocenters. The highest BCUT2D eigenvalue weighted by molar-refractivity contribution is 5.92. The maximum Gasteiger partial charge on any atom is 0.269 e. The summed E-state index contributed by atoms with van der Waals surface area (Å²) in [6.45, 7) is 3.09. The third-order valence-electron chi connectivity index (χ3n) is 5.06. The molecule has 29 heavy (non-hydrogen) atoms. The van der Waals surface area contributed by atoms with E-state index in [4.69, 9.17) is 0 Å². The van der Waals surface area contributed by atoms with Crippen LogP contribution in [-0.2, 0) is 6.42 Å². The van der Waals surface area contributed by atoms with E-state index in [1.807, 2.05) is 36.4 Å². The molecule has 4 rings (SSSR count). The Kier molecular flexibility index (Phi) is 6.12. The number of piperazine rings is 1. The summed E-state index contributed by atoms with van der Waals surface area (Å²) < 4.78 is 0. The molecule has 0 saturated carbocycles. The lowest BCUT2D eigenvalue weighted by Gasteiger charge is -2.34. The zero-order chi connectivity index (χ0) is 19.9. The van der Waals surface area contributed by atoms with Crippen LogP contribution in [-0.4, -0.2) is 42.1 Å². The normalized spacial score (nSPS) is 16.4. The Morgan fingerprint density at radius 2 is 1.93 bits per heavy atom. The van der Waals surface area contributed by atoms with Crippen molar-refractivity contribution in [3.63, 3.8) is 0 Å². The first-order chi connectivity index (χ1) is 14.3. The van der Waals surface area contributed by atoms with Gasteiger partial charge in [0, 0.05) is 50.5 Å². The van der Waals surface area contributed by atoms with Gasteiger partial charge in [0.1, 0.15) is 11.5 Å². The highest BCUT2D eigenvalue weighted by Gasteiger charge is 2.22. The van der Waals surface area contributed by atoms with E-state index in [0.717, 1.165) is 31.1 Å². The molecule has 1 amide bonds. The van der Waals surface area contributed by atoms with Crippen molar-refractivity contribution >= 4 is 11.7 Å². The first-order valence-corrected chi connectivity index (χ1v) is 9.98. The third-order valence-corrected chi connectivity index (χ3v) is 5.06. The van der Waals surface area contributed by atoms with Crippen LogP contribution in [0.2, 0.25) is 0 Å². The average Bonchev–Trinajstić information content (AvgIpc) is 2.80. The molecule has 6 heteroatoms. The summed E-state index contributed by atoms with van der Waals surface area (Å²) in [5, 5.41) is 6.50. The van der Waals surface area contributed by atoms with Gasteiger partial charge in [0.05, 0.1) is 0 Å². The molecule has 0 spiro atoms. The van der Waals surface area contributed by atoms with Crippen LogP contribution in [0.15, 0.2) is 72.9 Å². The molecule has 1 atom stereocenters. The van der Waals surface area contributed by atoms with Gasteiger partial charge in [-0.15, -0.1) is 0 Å². The van der Waals surface area contributed by atoms with E-state index in [2.05, 4.69) is 49.8 Å². The molecule has 0 bridgehead atoms. The van der Waals surface area contributed by atoms with Gasteiger partial charge >= 0.3 is 0 Å². The van der Waals surface area contributed by atoms with E-state index in [1.165, 1.54) is 5.56 Å². The lowest BCUT2D eigenvalue weighted by atomic mass is 10.0. The van der Waals surface area contributed by atoms with Gasteiger partial charge in [0.25, 0.3) is 5.91 Å². The third kappa shape index (κ3) is 4.97. The van der Waals surface area contributed by atoms with E-state index in [1.54, 1.807) is 12.3 Å². The number of amides is 1. The molecule has 3 aromatic rings. The van der Waals surface area contributed by atoms with Crippen molar-refractivity contribution in [2.45, 2.75) is 12.5 Å². The van der Waals surface area contributed by atoms with Crippen molar-refractivity contribution in [1.82, 2.24) is 20.6 Å².